The average Bonchev–Trinajstić information content (AvgIpc) is 3.08. The summed E-state index contributed by atoms with van der Waals surface area (Å²) in [6.07, 6.45) is 1.78. The van der Waals surface area contributed by atoms with Gasteiger partial charge >= 0.3 is 0 Å². The van der Waals surface area contributed by atoms with Gasteiger partial charge in [0.25, 0.3) is 11.8 Å². The van der Waals surface area contributed by atoms with Gasteiger partial charge in [0, 0.05) is 42.7 Å². The largest absolute Gasteiger partial charge is 0.358 e. The zero-order valence-corrected chi connectivity index (χ0v) is 15.5. The van der Waals surface area contributed by atoms with Gasteiger partial charge in [-0.2, -0.15) is 0 Å². The maximum atomic E-state index is 12.5. The summed E-state index contributed by atoms with van der Waals surface area (Å²) in [5, 5.41) is 8.27. The highest BCUT2D eigenvalue weighted by Crippen LogP contribution is 2.33. The standard InChI is InChI=1S/C20H22N4O3/c1-11-17(10-15-14-6-4-5-7-16(14)24-19(15)26)23-12(2)18(11)20(27)22-9-8-21-13(3)25/h4-7,10,23H,8-9H2,1-3H3,(H,21,25)(H,22,27)(H,24,26)/b15-10-. The van der Waals surface area contributed by atoms with Crippen LogP contribution >= 0.6 is 0 Å². The first kappa shape index (κ1) is 18.4. The smallest absolute Gasteiger partial charge is 0.256 e. The van der Waals surface area contributed by atoms with Crippen LogP contribution in [0.25, 0.3) is 11.6 Å². The highest BCUT2D eigenvalue weighted by atomic mass is 16.2. The molecular formula is C20H22N4O3. The Hall–Kier alpha value is -3.35. The van der Waals surface area contributed by atoms with Gasteiger partial charge in [-0.3, -0.25) is 14.4 Å². The Morgan fingerprint density at radius 1 is 1.11 bits per heavy atom. The third-order valence-corrected chi connectivity index (χ3v) is 4.49. The Bertz CT molecular complexity index is 956. The molecule has 0 unspecified atom stereocenters. The Morgan fingerprint density at radius 2 is 1.81 bits per heavy atom. The second-order valence-corrected chi connectivity index (χ2v) is 6.46. The number of aromatic amines is 1. The molecule has 3 rings (SSSR count). The van der Waals surface area contributed by atoms with E-state index in [9.17, 15) is 14.4 Å². The first-order valence-electron chi connectivity index (χ1n) is 8.72. The molecule has 4 N–H and O–H groups in total. The molecule has 1 aromatic carbocycles. The van der Waals surface area contributed by atoms with Crippen molar-refractivity contribution in [3.8, 4) is 0 Å². The molecule has 0 bridgehead atoms. The first-order valence-corrected chi connectivity index (χ1v) is 8.72. The SMILES string of the molecule is CC(=O)NCCNC(=O)c1c(C)[nH]c(/C=C2\C(=O)Nc3ccccc32)c1C. The van der Waals surface area contributed by atoms with Gasteiger partial charge in [-0.15, -0.1) is 0 Å². The van der Waals surface area contributed by atoms with E-state index in [1.54, 1.807) is 6.08 Å². The summed E-state index contributed by atoms with van der Waals surface area (Å²) in [7, 11) is 0. The number of aromatic nitrogens is 1. The molecule has 0 radical (unpaired) electrons. The average molecular weight is 366 g/mol. The van der Waals surface area contributed by atoms with E-state index in [-0.39, 0.29) is 17.7 Å². The van der Waals surface area contributed by atoms with Crippen molar-refractivity contribution in [1.82, 2.24) is 15.6 Å². The van der Waals surface area contributed by atoms with E-state index in [4.69, 9.17) is 0 Å². The second kappa shape index (κ2) is 7.49. The van der Waals surface area contributed by atoms with Crippen LogP contribution < -0.4 is 16.0 Å². The fourth-order valence-electron chi connectivity index (χ4n) is 3.19. The number of hydrogen-bond donors (Lipinski definition) is 4. The minimum atomic E-state index is -0.215. The molecular weight excluding hydrogens is 344 g/mol. The Labute approximate surface area is 157 Å². The molecule has 2 aromatic rings. The highest BCUT2D eigenvalue weighted by molar-refractivity contribution is 6.34. The Balaban J connectivity index is 1.83. The lowest BCUT2D eigenvalue weighted by Gasteiger charge is -2.06. The molecule has 1 aliphatic heterocycles. The van der Waals surface area contributed by atoms with Gasteiger partial charge < -0.3 is 20.9 Å². The number of anilines is 1. The molecule has 1 aliphatic rings. The molecule has 1 aromatic heterocycles. The predicted molar refractivity (Wildman–Crippen MR) is 104 cm³/mol. The van der Waals surface area contributed by atoms with Gasteiger partial charge in [-0.25, -0.2) is 0 Å². The first-order chi connectivity index (χ1) is 12.9. The molecule has 2 heterocycles. The van der Waals surface area contributed by atoms with Crippen LogP contribution in [0.4, 0.5) is 5.69 Å². The van der Waals surface area contributed by atoms with Gasteiger partial charge in [0.1, 0.15) is 0 Å². The van der Waals surface area contributed by atoms with E-state index in [0.29, 0.717) is 24.2 Å². The number of amides is 3. The normalized spacial score (nSPS) is 14.0. The lowest BCUT2D eigenvalue weighted by atomic mass is 10.0. The number of carbonyl (C=O) groups is 3. The molecule has 7 nitrogen and oxygen atoms in total. The number of aryl methyl sites for hydroxylation is 1. The van der Waals surface area contributed by atoms with Crippen LogP contribution in [-0.2, 0) is 9.59 Å². The number of nitrogens with one attached hydrogen (secondary N) is 4. The van der Waals surface area contributed by atoms with E-state index >= 15 is 0 Å². The lowest BCUT2D eigenvalue weighted by Crippen LogP contribution is -2.34. The van der Waals surface area contributed by atoms with Crippen molar-refractivity contribution in [3.63, 3.8) is 0 Å². The topological polar surface area (TPSA) is 103 Å². The van der Waals surface area contributed by atoms with Crippen molar-refractivity contribution in [2.75, 3.05) is 18.4 Å². The number of para-hydroxylation sites is 1. The van der Waals surface area contributed by atoms with Crippen molar-refractivity contribution < 1.29 is 14.4 Å². The molecule has 0 fully saturated rings. The number of H-pyrrole nitrogens is 1. The third-order valence-electron chi connectivity index (χ3n) is 4.49. The summed E-state index contributed by atoms with van der Waals surface area (Å²) in [6.45, 7) is 5.81. The Morgan fingerprint density at radius 3 is 2.56 bits per heavy atom. The molecule has 3 amide bonds. The minimum absolute atomic E-state index is 0.137. The van der Waals surface area contributed by atoms with Gasteiger partial charge in [0.05, 0.1) is 11.1 Å². The van der Waals surface area contributed by atoms with Crippen molar-refractivity contribution in [2.24, 2.45) is 0 Å². The highest BCUT2D eigenvalue weighted by Gasteiger charge is 2.25. The van der Waals surface area contributed by atoms with Crippen LogP contribution in [0.5, 0.6) is 0 Å². The Kier molecular flexibility index (Phi) is 5.12. The molecule has 0 atom stereocenters. The monoisotopic (exact) mass is 366 g/mol. The van der Waals surface area contributed by atoms with Crippen molar-refractivity contribution in [3.05, 3.63) is 52.3 Å². The van der Waals surface area contributed by atoms with E-state index in [2.05, 4.69) is 20.9 Å². The van der Waals surface area contributed by atoms with Crippen LogP contribution in [0, 0.1) is 13.8 Å². The van der Waals surface area contributed by atoms with Gasteiger partial charge in [-0.05, 0) is 31.6 Å². The number of hydrogen-bond acceptors (Lipinski definition) is 3. The van der Waals surface area contributed by atoms with Crippen LogP contribution in [0.1, 0.15) is 39.8 Å². The molecule has 0 saturated carbocycles. The zero-order chi connectivity index (χ0) is 19.6. The van der Waals surface area contributed by atoms with Crippen LogP contribution in [-0.4, -0.2) is 35.8 Å². The van der Waals surface area contributed by atoms with Gasteiger partial charge in [-0.1, -0.05) is 18.2 Å². The summed E-state index contributed by atoms with van der Waals surface area (Å²) in [6, 6.07) is 7.50. The van der Waals surface area contributed by atoms with Crippen LogP contribution in [0.2, 0.25) is 0 Å². The summed E-state index contributed by atoms with van der Waals surface area (Å²) in [5.74, 6) is -0.515. The fraction of sp³-hybridized carbons (Fsp3) is 0.250. The fourth-order valence-corrected chi connectivity index (χ4v) is 3.19. The van der Waals surface area contributed by atoms with Crippen molar-refractivity contribution in [2.45, 2.75) is 20.8 Å². The maximum absolute atomic E-state index is 12.5. The van der Waals surface area contributed by atoms with E-state index in [1.165, 1.54) is 6.92 Å². The van der Waals surface area contributed by atoms with Crippen molar-refractivity contribution in [1.29, 1.82) is 0 Å². The maximum Gasteiger partial charge on any atom is 0.256 e. The van der Waals surface area contributed by atoms with Gasteiger partial charge in [0.2, 0.25) is 5.91 Å². The third kappa shape index (κ3) is 3.76. The second-order valence-electron chi connectivity index (χ2n) is 6.46. The molecule has 7 heteroatoms. The van der Waals surface area contributed by atoms with E-state index < -0.39 is 0 Å². The summed E-state index contributed by atoms with van der Waals surface area (Å²) in [5.41, 5.74) is 4.96. The number of benzene rings is 1. The van der Waals surface area contributed by atoms with Gasteiger partial charge in [0.15, 0.2) is 0 Å². The van der Waals surface area contributed by atoms with Crippen LogP contribution in [0.15, 0.2) is 24.3 Å². The van der Waals surface area contributed by atoms with Crippen LogP contribution in [0.3, 0.4) is 0 Å². The van der Waals surface area contributed by atoms with E-state index in [0.717, 1.165) is 28.2 Å². The number of fused-ring (bicyclic) bond motifs is 1. The summed E-state index contributed by atoms with van der Waals surface area (Å²) >= 11 is 0. The molecule has 0 spiro atoms. The quantitative estimate of drug-likeness (QED) is 0.481. The zero-order valence-electron chi connectivity index (χ0n) is 15.5. The molecule has 0 aliphatic carbocycles. The summed E-state index contributed by atoms with van der Waals surface area (Å²) < 4.78 is 0. The number of rotatable bonds is 5. The molecule has 0 saturated heterocycles. The minimum Gasteiger partial charge on any atom is -0.358 e. The molecule has 140 valence electrons. The van der Waals surface area contributed by atoms with E-state index in [1.807, 2.05) is 38.1 Å². The predicted octanol–water partition coefficient (Wildman–Crippen LogP) is 1.99. The summed E-state index contributed by atoms with van der Waals surface area (Å²) in [4.78, 5) is 38.9. The molecule has 27 heavy (non-hydrogen) atoms. The number of carbonyl (C=O) groups excluding carboxylic acids is 3. The lowest BCUT2D eigenvalue weighted by molar-refractivity contribution is -0.119. The van der Waals surface area contributed by atoms with Crippen molar-refractivity contribution >= 4 is 35.1 Å².